The largest absolute Gasteiger partial charge is 0.488 e. The van der Waals surface area contributed by atoms with Crippen LogP contribution in [-0.4, -0.2) is 5.11 Å². The fourth-order valence-electron chi connectivity index (χ4n) is 2.23. The molecule has 0 fully saturated rings. The predicted molar refractivity (Wildman–Crippen MR) is 91.8 cm³/mol. The zero-order valence-electron chi connectivity index (χ0n) is 12.7. The zero-order valence-corrected chi connectivity index (χ0v) is 14.2. The molecule has 1 atom stereocenters. The average Bonchev–Trinajstić information content (AvgIpc) is 2.54. The van der Waals surface area contributed by atoms with Gasteiger partial charge in [-0.3, -0.25) is 0 Å². The van der Waals surface area contributed by atoms with Gasteiger partial charge in [-0.1, -0.05) is 48.7 Å². The number of nitrogens with zero attached hydrogens (tertiary/aromatic N) is 1. The summed E-state index contributed by atoms with van der Waals surface area (Å²) in [6, 6.07) is 12.3. The second kappa shape index (κ2) is 8.21. The van der Waals surface area contributed by atoms with Gasteiger partial charge >= 0.3 is 0 Å². The summed E-state index contributed by atoms with van der Waals surface area (Å²) >= 11 is 12.0. The Hall–Kier alpha value is -1.73. The number of halogens is 2. The van der Waals surface area contributed by atoms with Crippen molar-refractivity contribution >= 4 is 23.2 Å². The molecule has 2 rings (SSSR count). The van der Waals surface area contributed by atoms with Crippen molar-refractivity contribution in [1.29, 1.82) is 5.26 Å². The minimum Gasteiger partial charge on any atom is -0.488 e. The molecule has 0 aliphatic heterocycles. The number of hydrogen-bond acceptors (Lipinski definition) is 3. The van der Waals surface area contributed by atoms with Crippen LogP contribution in [0.15, 0.2) is 36.4 Å². The van der Waals surface area contributed by atoms with Gasteiger partial charge in [0.25, 0.3) is 0 Å². The Morgan fingerprint density at radius 1 is 1.22 bits per heavy atom. The number of ether oxygens (including phenoxy) is 1. The molecule has 1 N–H and O–H groups in total. The molecule has 1 unspecified atom stereocenters. The van der Waals surface area contributed by atoms with Gasteiger partial charge in [0.05, 0.1) is 17.7 Å². The molecule has 0 aliphatic rings. The summed E-state index contributed by atoms with van der Waals surface area (Å²) in [5.41, 5.74) is 1.94. The van der Waals surface area contributed by atoms with Gasteiger partial charge in [0.1, 0.15) is 12.4 Å². The SMILES string of the molecule is CCCC(O)c1ccc(C#N)cc1OCc1ccc(Cl)cc1Cl. The third kappa shape index (κ3) is 4.62. The van der Waals surface area contributed by atoms with Crippen LogP contribution < -0.4 is 4.74 Å². The first kappa shape index (κ1) is 17.6. The molecule has 0 spiro atoms. The highest BCUT2D eigenvalue weighted by Gasteiger charge is 2.14. The van der Waals surface area contributed by atoms with Crippen LogP contribution in [0, 0.1) is 11.3 Å². The first-order chi connectivity index (χ1) is 11.0. The van der Waals surface area contributed by atoms with Crippen molar-refractivity contribution in [1.82, 2.24) is 0 Å². The van der Waals surface area contributed by atoms with Gasteiger partial charge in [0.2, 0.25) is 0 Å². The summed E-state index contributed by atoms with van der Waals surface area (Å²) in [6.07, 6.45) is 0.858. The van der Waals surface area contributed by atoms with E-state index in [1.165, 1.54) is 0 Å². The Labute approximate surface area is 146 Å². The second-order valence-corrected chi connectivity index (χ2v) is 6.04. The van der Waals surface area contributed by atoms with Crippen LogP contribution in [-0.2, 0) is 6.61 Å². The van der Waals surface area contributed by atoms with E-state index in [9.17, 15) is 5.11 Å². The fraction of sp³-hybridized carbons (Fsp3) is 0.278. The molecule has 0 aromatic heterocycles. The van der Waals surface area contributed by atoms with Gasteiger partial charge in [-0.05, 0) is 30.7 Å². The van der Waals surface area contributed by atoms with Gasteiger partial charge in [-0.15, -0.1) is 0 Å². The molecule has 0 heterocycles. The quantitative estimate of drug-likeness (QED) is 0.771. The van der Waals surface area contributed by atoms with Crippen LogP contribution in [0.4, 0.5) is 0 Å². The van der Waals surface area contributed by atoms with Gasteiger partial charge < -0.3 is 9.84 Å². The third-order valence-electron chi connectivity index (χ3n) is 3.46. The summed E-state index contributed by atoms with van der Waals surface area (Å²) < 4.78 is 5.82. The summed E-state index contributed by atoms with van der Waals surface area (Å²) in [4.78, 5) is 0. The summed E-state index contributed by atoms with van der Waals surface area (Å²) in [5.74, 6) is 0.496. The number of aliphatic hydroxyl groups excluding tert-OH is 1. The van der Waals surface area contributed by atoms with E-state index in [4.69, 9.17) is 33.2 Å². The molecule has 23 heavy (non-hydrogen) atoms. The van der Waals surface area contributed by atoms with Crippen molar-refractivity contribution in [2.75, 3.05) is 0 Å². The molecule has 5 heteroatoms. The Morgan fingerprint density at radius 2 is 2.00 bits per heavy atom. The van der Waals surface area contributed by atoms with E-state index in [1.807, 2.05) is 6.92 Å². The van der Waals surface area contributed by atoms with E-state index in [2.05, 4.69) is 6.07 Å². The lowest BCUT2D eigenvalue weighted by molar-refractivity contribution is 0.159. The van der Waals surface area contributed by atoms with Crippen LogP contribution >= 0.6 is 23.2 Å². The fourth-order valence-corrected chi connectivity index (χ4v) is 2.69. The molecule has 0 bridgehead atoms. The molecule has 0 saturated carbocycles. The van der Waals surface area contributed by atoms with Crippen molar-refractivity contribution in [3.8, 4) is 11.8 Å². The highest BCUT2D eigenvalue weighted by atomic mass is 35.5. The van der Waals surface area contributed by atoms with Gasteiger partial charge in [0, 0.05) is 21.2 Å². The third-order valence-corrected chi connectivity index (χ3v) is 4.05. The summed E-state index contributed by atoms with van der Waals surface area (Å²) in [7, 11) is 0. The molecule has 0 amide bonds. The maximum absolute atomic E-state index is 10.2. The second-order valence-electron chi connectivity index (χ2n) is 5.19. The van der Waals surface area contributed by atoms with Crippen molar-refractivity contribution < 1.29 is 9.84 Å². The first-order valence-electron chi connectivity index (χ1n) is 7.34. The lowest BCUT2D eigenvalue weighted by Crippen LogP contribution is -2.04. The molecule has 0 aliphatic carbocycles. The van der Waals surface area contributed by atoms with E-state index in [-0.39, 0.29) is 6.61 Å². The van der Waals surface area contributed by atoms with Crippen LogP contribution in [0.1, 0.15) is 42.6 Å². The predicted octanol–water partition coefficient (Wildman–Crippen LogP) is 5.28. The number of hydrogen-bond donors (Lipinski definition) is 1. The number of rotatable bonds is 6. The zero-order chi connectivity index (χ0) is 16.8. The normalized spacial score (nSPS) is 11.8. The monoisotopic (exact) mass is 349 g/mol. The first-order valence-corrected chi connectivity index (χ1v) is 8.09. The molecule has 0 radical (unpaired) electrons. The maximum Gasteiger partial charge on any atom is 0.126 e. The van der Waals surface area contributed by atoms with Crippen molar-refractivity contribution in [2.45, 2.75) is 32.5 Å². The highest BCUT2D eigenvalue weighted by molar-refractivity contribution is 6.35. The molecule has 120 valence electrons. The van der Waals surface area contributed by atoms with E-state index in [1.54, 1.807) is 36.4 Å². The van der Waals surface area contributed by atoms with E-state index in [0.29, 0.717) is 33.3 Å². The average molecular weight is 350 g/mol. The van der Waals surface area contributed by atoms with Gasteiger partial charge in [-0.25, -0.2) is 0 Å². The smallest absolute Gasteiger partial charge is 0.126 e. The van der Waals surface area contributed by atoms with Gasteiger partial charge in [0.15, 0.2) is 0 Å². The lowest BCUT2D eigenvalue weighted by atomic mass is 10.0. The minimum atomic E-state index is -0.622. The highest BCUT2D eigenvalue weighted by Crippen LogP contribution is 2.31. The Morgan fingerprint density at radius 3 is 2.65 bits per heavy atom. The molecule has 2 aromatic rings. The number of aliphatic hydroxyl groups is 1. The lowest BCUT2D eigenvalue weighted by Gasteiger charge is -2.16. The van der Waals surface area contributed by atoms with Crippen molar-refractivity contribution in [3.63, 3.8) is 0 Å². The Balaban J connectivity index is 2.24. The molecular weight excluding hydrogens is 333 g/mol. The van der Waals surface area contributed by atoms with Crippen LogP contribution in [0.25, 0.3) is 0 Å². The molecular formula is C18H17Cl2NO2. The topological polar surface area (TPSA) is 53.2 Å². The summed E-state index contributed by atoms with van der Waals surface area (Å²) in [5, 5.41) is 20.4. The van der Waals surface area contributed by atoms with E-state index < -0.39 is 6.10 Å². The van der Waals surface area contributed by atoms with Crippen molar-refractivity contribution in [2.24, 2.45) is 0 Å². The molecule has 3 nitrogen and oxygen atoms in total. The van der Waals surface area contributed by atoms with E-state index in [0.717, 1.165) is 12.0 Å². The van der Waals surface area contributed by atoms with Crippen LogP contribution in [0.3, 0.4) is 0 Å². The molecule has 2 aromatic carbocycles. The van der Waals surface area contributed by atoms with Crippen molar-refractivity contribution in [3.05, 3.63) is 63.1 Å². The summed E-state index contributed by atoms with van der Waals surface area (Å²) in [6.45, 7) is 2.23. The minimum absolute atomic E-state index is 0.233. The number of nitriles is 1. The Kier molecular flexibility index (Phi) is 6.29. The van der Waals surface area contributed by atoms with Gasteiger partial charge in [-0.2, -0.15) is 5.26 Å². The van der Waals surface area contributed by atoms with Crippen LogP contribution in [0.2, 0.25) is 10.0 Å². The Bertz CT molecular complexity index is 725. The maximum atomic E-state index is 10.2. The molecule has 0 saturated heterocycles. The standard InChI is InChI=1S/C18H17Cl2NO2/c1-2-3-17(22)15-7-4-12(10-21)8-18(15)23-11-13-5-6-14(19)9-16(13)20/h4-9,17,22H,2-3,11H2,1H3. The van der Waals surface area contributed by atoms with Crippen LogP contribution in [0.5, 0.6) is 5.75 Å². The van der Waals surface area contributed by atoms with E-state index >= 15 is 0 Å². The number of benzene rings is 2.